The van der Waals surface area contributed by atoms with Gasteiger partial charge in [0.15, 0.2) is 5.16 Å². The van der Waals surface area contributed by atoms with E-state index in [0.29, 0.717) is 5.16 Å². The van der Waals surface area contributed by atoms with Gasteiger partial charge in [-0.25, -0.2) is 4.98 Å². The Morgan fingerprint density at radius 3 is 2.87 bits per heavy atom. The molecule has 0 unspecified atom stereocenters. The lowest BCUT2D eigenvalue weighted by Gasteiger charge is -2.34. The van der Waals surface area contributed by atoms with Crippen molar-refractivity contribution in [3.8, 4) is 0 Å². The number of imidazole rings is 1. The van der Waals surface area contributed by atoms with E-state index in [-0.39, 0.29) is 6.61 Å². The van der Waals surface area contributed by atoms with Crippen LogP contribution in [-0.2, 0) is 4.74 Å². The first-order valence-electron chi connectivity index (χ1n) is 4.50. The number of rotatable bonds is 2. The Bertz CT molecular complexity index is 308. The molecular weight excluding hydrogens is 220 g/mol. The number of aliphatic hydroxyl groups is 3. The lowest BCUT2D eigenvalue weighted by Crippen LogP contribution is -2.51. The van der Waals surface area contributed by atoms with Crippen LogP contribution in [0.15, 0.2) is 17.6 Å². The summed E-state index contributed by atoms with van der Waals surface area (Å²) in [5.41, 5.74) is -0.616. The highest BCUT2D eigenvalue weighted by Crippen LogP contribution is 2.28. The van der Waals surface area contributed by atoms with E-state index in [0.717, 1.165) is 0 Å². The number of H-pyrrole nitrogens is 1. The third-order valence-electron chi connectivity index (χ3n) is 2.16. The van der Waals surface area contributed by atoms with Crippen LogP contribution in [0.1, 0.15) is 0 Å². The Morgan fingerprint density at radius 1 is 1.40 bits per heavy atom. The van der Waals surface area contributed by atoms with Gasteiger partial charge in [0.2, 0.25) is 0 Å². The fourth-order valence-corrected chi connectivity index (χ4v) is 2.23. The molecule has 0 bridgehead atoms. The summed E-state index contributed by atoms with van der Waals surface area (Å²) in [6.45, 7) is 0.0105. The zero-order valence-corrected chi connectivity index (χ0v) is 8.59. The maximum absolute atomic E-state index is 9.61. The van der Waals surface area contributed by atoms with Crippen LogP contribution in [0.4, 0.5) is 0 Å². The fourth-order valence-electron chi connectivity index (χ4n) is 1.31. The molecule has 0 aliphatic carbocycles. The van der Waals surface area contributed by atoms with Crippen molar-refractivity contribution in [3.05, 3.63) is 12.4 Å². The van der Waals surface area contributed by atoms with Crippen LogP contribution in [0, 0.1) is 0 Å². The van der Waals surface area contributed by atoms with E-state index in [4.69, 9.17) is 4.74 Å². The molecule has 0 amide bonds. The van der Waals surface area contributed by atoms with Gasteiger partial charge < -0.3 is 25.0 Å². The number of aliphatic hydroxyl groups excluding tert-OH is 3. The van der Waals surface area contributed by atoms with E-state index in [1.54, 1.807) is 12.4 Å². The molecule has 4 atom stereocenters. The highest BCUT2D eigenvalue weighted by atomic mass is 32.2. The van der Waals surface area contributed by atoms with Crippen molar-refractivity contribution >= 4 is 11.8 Å². The summed E-state index contributed by atoms with van der Waals surface area (Å²) < 4.78 is 5.19. The first-order chi connectivity index (χ1) is 7.18. The van der Waals surface area contributed by atoms with Gasteiger partial charge in [-0.1, -0.05) is 11.8 Å². The average molecular weight is 232 g/mol. The molecule has 1 aliphatic heterocycles. The van der Waals surface area contributed by atoms with Crippen molar-refractivity contribution in [1.29, 1.82) is 0 Å². The first-order valence-corrected chi connectivity index (χ1v) is 5.38. The number of aromatic amines is 1. The summed E-state index contributed by atoms with van der Waals surface area (Å²) in [6.07, 6.45) is -0.0884. The van der Waals surface area contributed by atoms with Gasteiger partial charge in [0, 0.05) is 12.4 Å². The van der Waals surface area contributed by atoms with Crippen LogP contribution in [-0.4, -0.2) is 55.6 Å². The standard InChI is InChI=1S/C8H12N2O4S/c11-4-3-14-7(6(13)5(4)12)15-8-9-1-2-10-8/h1-2,4-7,11-13H,3H2,(H,9,10)/t4-,5-,6-,7-/m1/s1. The molecule has 0 spiro atoms. The van der Waals surface area contributed by atoms with Crippen LogP contribution >= 0.6 is 11.8 Å². The molecule has 7 heteroatoms. The van der Waals surface area contributed by atoms with E-state index >= 15 is 0 Å². The number of nitrogens with zero attached hydrogens (tertiary/aromatic N) is 1. The Morgan fingerprint density at radius 2 is 2.20 bits per heavy atom. The van der Waals surface area contributed by atoms with E-state index < -0.39 is 23.7 Å². The van der Waals surface area contributed by atoms with Crippen LogP contribution in [0.5, 0.6) is 0 Å². The molecule has 15 heavy (non-hydrogen) atoms. The van der Waals surface area contributed by atoms with Crippen molar-refractivity contribution in [2.45, 2.75) is 28.9 Å². The van der Waals surface area contributed by atoms with Gasteiger partial charge in [-0.15, -0.1) is 0 Å². The van der Waals surface area contributed by atoms with Gasteiger partial charge in [-0.2, -0.15) is 0 Å². The van der Waals surface area contributed by atoms with Crippen LogP contribution in [0.3, 0.4) is 0 Å². The molecule has 4 N–H and O–H groups in total. The SMILES string of the molecule is O[C@@H]1[C@H](O)[C@H](O)CO[C@@H]1Sc1ncc[nH]1. The second-order valence-corrected chi connectivity index (χ2v) is 4.35. The summed E-state index contributed by atoms with van der Waals surface area (Å²) in [5.74, 6) is 0. The van der Waals surface area contributed by atoms with Crippen LogP contribution in [0.25, 0.3) is 0 Å². The molecule has 2 heterocycles. The third-order valence-corrected chi connectivity index (χ3v) is 3.25. The molecular formula is C8H12N2O4S. The highest BCUT2D eigenvalue weighted by Gasteiger charge is 2.38. The van der Waals surface area contributed by atoms with E-state index in [1.165, 1.54) is 11.8 Å². The number of aromatic nitrogens is 2. The molecule has 0 aromatic carbocycles. The van der Waals surface area contributed by atoms with Gasteiger partial charge in [0.1, 0.15) is 23.7 Å². The van der Waals surface area contributed by atoms with Gasteiger partial charge in [-0.05, 0) is 0 Å². The number of ether oxygens (including phenoxy) is 1. The minimum absolute atomic E-state index is 0.0105. The van der Waals surface area contributed by atoms with Gasteiger partial charge in [-0.3, -0.25) is 0 Å². The summed E-state index contributed by atoms with van der Waals surface area (Å²) in [5, 5.41) is 28.9. The molecule has 6 nitrogen and oxygen atoms in total. The molecule has 1 saturated heterocycles. The van der Waals surface area contributed by atoms with Crippen molar-refractivity contribution in [2.75, 3.05) is 6.61 Å². The second-order valence-electron chi connectivity index (χ2n) is 3.26. The third kappa shape index (κ3) is 2.32. The molecule has 0 saturated carbocycles. The lowest BCUT2D eigenvalue weighted by atomic mass is 10.1. The van der Waals surface area contributed by atoms with E-state index in [1.807, 2.05) is 0 Å². The second kappa shape index (κ2) is 4.50. The maximum Gasteiger partial charge on any atom is 0.167 e. The molecule has 1 aliphatic rings. The minimum Gasteiger partial charge on any atom is -0.388 e. The molecule has 2 rings (SSSR count). The monoisotopic (exact) mass is 232 g/mol. The van der Waals surface area contributed by atoms with Crippen molar-refractivity contribution in [3.63, 3.8) is 0 Å². The zero-order valence-electron chi connectivity index (χ0n) is 7.78. The number of nitrogens with one attached hydrogen (secondary N) is 1. The number of hydrogen-bond acceptors (Lipinski definition) is 6. The van der Waals surface area contributed by atoms with Crippen LogP contribution in [0.2, 0.25) is 0 Å². The summed E-state index contributed by atoms with van der Waals surface area (Å²) in [4.78, 5) is 6.81. The molecule has 0 radical (unpaired) electrons. The first kappa shape index (κ1) is 10.9. The number of thioether (sulfide) groups is 1. The average Bonchev–Trinajstić information content (AvgIpc) is 2.72. The predicted octanol–water partition coefficient (Wildman–Crippen LogP) is -1.06. The van der Waals surface area contributed by atoms with E-state index in [2.05, 4.69) is 9.97 Å². The van der Waals surface area contributed by atoms with Crippen molar-refractivity contribution < 1.29 is 20.1 Å². The Kier molecular flexibility index (Phi) is 3.27. The Hall–Kier alpha value is -0.600. The predicted molar refractivity (Wildman–Crippen MR) is 52.2 cm³/mol. The quantitative estimate of drug-likeness (QED) is 0.519. The topological polar surface area (TPSA) is 98.6 Å². The fraction of sp³-hybridized carbons (Fsp3) is 0.625. The molecule has 1 aromatic rings. The number of hydrogen-bond donors (Lipinski definition) is 4. The van der Waals surface area contributed by atoms with Gasteiger partial charge in [0.05, 0.1) is 6.61 Å². The summed E-state index contributed by atoms with van der Waals surface area (Å²) >= 11 is 1.18. The van der Waals surface area contributed by atoms with Crippen molar-refractivity contribution in [2.24, 2.45) is 0 Å². The normalized spacial score (nSPS) is 36.7. The summed E-state index contributed by atoms with van der Waals surface area (Å²) in [7, 11) is 0. The zero-order chi connectivity index (χ0) is 10.8. The summed E-state index contributed by atoms with van der Waals surface area (Å²) in [6, 6.07) is 0. The smallest absolute Gasteiger partial charge is 0.167 e. The minimum atomic E-state index is -1.17. The van der Waals surface area contributed by atoms with Gasteiger partial charge >= 0.3 is 0 Å². The highest BCUT2D eigenvalue weighted by molar-refractivity contribution is 7.99. The van der Waals surface area contributed by atoms with Gasteiger partial charge in [0.25, 0.3) is 0 Å². The molecule has 84 valence electrons. The molecule has 1 aromatic heterocycles. The molecule has 1 fully saturated rings. The van der Waals surface area contributed by atoms with Crippen LogP contribution < -0.4 is 0 Å². The Balaban J connectivity index is 1.98. The van der Waals surface area contributed by atoms with E-state index in [9.17, 15) is 15.3 Å². The lowest BCUT2D eigenvalue weighted by molar-refractivity contribution is -0.161. The maximum atomic E-state index is 9.61. The largest absolute Gasteiger partial charge is 0.388 e. The van der Waals surface area contributed by atoms with Crippen molar-refractivity contribution in [1.82, 2.24) is 9.97 Å². The Labute approximate surface area is 90.3 Å².